The summed E-state index contributed by atoms with van der Waals surface area (Å²) in [7, 11) is 0. The lowest BCUT2D eigenvalue weighted by molar-refractivity contribution is 0.719. The van der Waals surface area contributed by atoms with Crippen molar-refractivity contribution in [3.8, 4) is 6.07 Å². The van der Waals surface area contributed by atoms with E-state index in [0.29, 0.717) is 11.6 Å². The van der Waals surface area contributed by atoms with E-state index in [-0.39, 0.29) is 0 Å². The van der Waals surface area contributed by atoms with Gasteiger partial charge in [0.15, 0.2) is 0 Å². The Labute approximate surface area is 105 Å². The monoisotopic (exact) mass is 278 g/mol. The summed E-state index contributed by atoms with van der Waals surface area (Å²) in [5.41, 5.74) is 1.56. The number of anilines is 1. The lowest BCUT2D eigenvalue weighted by atomic mass is 10.1. The minimum Gasteiger partial charge on any atom is -0.381 e. The van der Waals surface area contributed by atoms with Crippen molar-refractivity contribution in [1.29, 1.82) is 5.26 Å². The second-order valence-electron chi connectivity index (χ2n) is 3.71. The average molecular weight is 279 g/mol. The third-order valence-electron chi connectivity index (χ3n) is 2.31. The fourth-order valence-electron chi connectivity index (χ4n) is 1.44. The molecule has 0 saturated heterocycles. The van der Waals surface area contributed by atoms with Crippen LogP contribution in [0.5, 0.6) is 0 Å². The van der Waals surface area contributed by atoms with Gasteiger partial charge in [-0.1, -0.05) is 22.0 Å². The maximum atomic E-state index is 8.98. The van der Waals surface area contributed by atoms with Gasteiger partial charge in [0.05, 0.1) is 11.3 Å². The quantitative estimate of drug-likeness (QED) is 0.824. The maximum Gasteiger partial charge on any atom is 0.101 e. The van der Waals surface area contributed by atoms with Crippen molar-refractivity contribution in [2.75, 3.05) is 5.32 Å². The van der Waals surface area contributed by atoms with E-state index in [0.717, 1.165) is 23.0 Å². The molecule has 0 saturated carbocycles. The molecular weight excluding hydrogens is 264 g/mol. The lowest BCUT2D eigenvalue weighted by Crippen LogP contribution is -2.15. The van der Waals surface area contributed by atoms with Gasteiger partial charge in [-0.15, -0.1) is 6.58 Å². The standard InChI is InChI=1S/C13H15BrN2/c1-3-4-5-10(2)16-13-8-12(14)7-6-11(13)9-15/h3,6-8,10,16H,1,4-5H2,2H3. The molecule has 0 aromatic heterocycles. The molecule has 1 aromatic rings. The first-order valence-electron chi connectivity index (χ1n) is 5.24. The first-order chi connectivity index (χ1) is 7.67. The number of rotatable bonds is 5. The third-order valence-corrected chi connectivity index (χ3v) is 2.80. The Hall–Kier alpha value is -1.27. The second-order valence-corrected chi connectivity index (χ2v) is 4.63. The molecule has 2 nitrogen and oxygen atoms in total. The minimum absolute atomic E-state index is 0.333. The lowest BCUT2D eigenvalue weighted by Gasteiger charge is -2.15. The number of hydrogen-bond donors (Lipinski definition) is 1. The average Bonchev–Trinajstić information content (AvgIpc) is 2.27. The van der Waals surface area contributed by atoms with Crippen LogP contribution in [0.2, 0.25) is 0 Å². The third kappa shape index (κ3) is 3.71. The van der Waals surface area contributed by atoms with Crippen molar-refractivity contribution in [1.82, 2.24) is 0 Å². The van der Waals surface area contributed by atoms with Gasteiger partial charge in [0, 0.05) is 10.5 Å². The van der Waals surface area contributed by atoms with Crippen molar-refractivity contribution in [3.05, 3.63) is 40.9 Å². The Balaban J connectivity index is 2.75. The predicted octanol–water partition coefficient (Wildman–Crippen LogP) is 4.09. The highest BCUT2D eigenvalue weighted by atomic mass is 79.9. The molecule has 16 heavy (non-hydrogen) atoms. The smallest absolute Gasteiger partial charge is 0.101 e. The van der Waals surface area contributed by atoms with Crippen LogP contribution >= 0.6 is 15.9 Å². The largest absolute Gasteiger partial charge is 0.381 e. The molecule has 0 aliphatic heterocycles. The summed E-state index contributed by atoms with van der Waals surface area (Å²) in [5, 5.41) is 12.3. The Kier molecular flexibility index (Phi) is 5.07. The summed E-state index contributed by atoms with van der Waals surface area (Å²) >= 11 is 3.40. The van der Waals surface area contributed by atoms with Crippen LogP contribution in [-0.4, -0.2) is 6.04 Å². The highest BCUT2D eigenvalue weighted by molar-refractivity contribution is 9.10. The van der Waals surface area contributed by atoms with Gasteiger partial charge in [0.2, 0.25) is 0 Å². The maximum absolute atomic E-state index is 8.98. The number of nitrogens with one attached hydrogen (secondary N) is 1. The second kappa shape index (κ2) is 6.34. The molecule has 1 atom stereocenters. The number of allylic oxidation sites excluding steroid dienone is 1. The molecular formula is C13H15BrN2. The van der Waals surface area contributed by atoms with Crippen molar-refractivity contribution in [2.24, 2.45) is 0 Å². The molecule has 1 rings (SSSR count). The molecule has 0 aliphatic carbocycles. The fourth-order valence-corrected chi connectivity index (χ4v) is 1.80. The zero-order valence-corrected chi connectivity index (χ0v) is 10.9. The minimum atomic E-state index is 0.333. The first-order valence-corrected chi connectivity index (χ1v) is 6.03. The van der Waals surface area contributed by atoms with Crippen LogP contribution in [0.4, 0.5) is 5.69 Å². The number of benzene rings is 1. The summed E-state index contributed by atoms with van der Waals surface area (Å²) in [6, 6.07) is 8.13. The van der Waals surface area contributed by atoms with Gasteiger partial charge in [-0.25, -0.2) is 0 Å². The van der Waals surface area contributed by atoms with E-state index in [4.69, 9.17) is 5.26 Å². The van der Waals surface area contributed by atoms with Gasteiger partial charge in [-0.05, 0) is 38.0 Å². The highest BCUT2D eigenvalue weighted by Gasteiger charge is 2.06. The van der Waals surface area contributed by atoms with E-state index < -0.39 is 0 Å². The van der Waals surface area contributed by atoms with Crippen LogP contribution in [0.1, 0.15) is 25.3 Å². The van der Waals surface area contributed by atoms with E-state index in [1.165, 1.54) is 0 Å². The Morgan fingerprint density at radius 2 is 2.38 bits per heavy atom. The van der Waals surface area contributed by atoms with Gasteiger partial charge in [-0.3, -0.25) is 0 Å². The predicted molar refractivity (Wildman–Crippen MR) is 71.4 cm³/mol. The number of hydrogen-bond acceptors (Lipinski definition) is 2. The van der Waals surface area contributed by atoms with Crippen molar-refractivity contribution < 1.29 is 0 Å². The molecule has 0 radical (unpaired) electrons. The van der Waals surface area contributed by atoms with Crippen molar-refractivity contribution >= 4 is 21.6 Å². The topological polar surface area (TPSA) is 35.8 Å². The molecule has 0 spiro atoms. The molecule has 1 unspecified atom stereocenters. The summed E-state index contributed by atoms with van der Waals surface area (Å²) in [6.07, 6.45) is 3.90. The van der Waals surface area contributed by atoms with Crippen LogP contribution in [0, 0.1) is 11.3 Å². The van der Waals surface area contributed by atoms with Crippen LogP contribution in [0.3, 0.4) is 0 Å². The summed E-state index contributed by atoms with van der Waals surface area (Å²) in [5.74, 6) is 0. The van der Waals surface area contributed by atoms with Crippen LogP contribution in [0.15, 0.2) is 35.3 Å². The summed E-state index contributed by atoms with van der Waals surface area (Å²) in [6.45, 7) is 5.80. The van der Waals surface area contributed by atoms with E-state index in [1.807, 2.05) is 24.3 Å². The molecule has 0 amide bonds. The molecule has 3 heteroatoms. The molecule has 0 bridgehead atoms. The molecule has 1 aromatic carbocycles. The number of nitriles is 1. The van der Waals surface area contributed by atoms with E-state index >= 15 is 0 Å². The Morgan fingerprint density at radius 3 is 3.00 bits per heavy atom. The van der Waals surface area contributed by atoms with Gasteiger partial charge < -0.3 is 5.32 Å². The number of nitrogens with zero attached hydrogens (tertiary/aromatic N) is 1. The van der Waals surface area contributed by atoms with Crippen LogP contribution < -0.4 is 5.32 Å². The highest BCUT2D eigenvalue weighted by Crippen LogP contribution is 2.22. The number of halogens is 1. The first kappa shape index (κ1) is 12.8. The van der Waals surface area contributed by atoms with Gasteiger partial charge >= 0.3 is 0 Å². The normalized spacial score (nSPS) is 11.6. The molecule has 0 heterocycles. The fraction of sp³-hybridized carbons (Fsp3) is 0.308. The van der Waals surface area contributed by atoms with Crippen molar-refractivity contribution in [2.45, 2.75) is 25.8 Å². The zero-order valence-electron chi connectivity index (χ0n) is 9.33. The van der Waals surface area contributed by atoms with Gasteiger partial charge in [0.25, 0.3) is 0 Å². The molecule has 84 valence electrons. The van der Waals surface area contributed by atoms with Gasteiger partial charge in [-0.2, -0.15) is 5.26 Å². The Morgan fingerprint density at radius 1 is 1.62 bits per heavy atom. The van der Waals surface area contributed by atoms with E-state index in [2.05, 4.69) is 40.8 Å². The van der Waals surface area contributed by atoms with Crippen LogP contribution in [-0.2, 0) is 0 Å². The van der Waals surface area contributed by atoms with E-state index in [9.17, 15) is 0 Å². The van der Waals surface area contributed by atoms with Gasteiger partial charge in [0.1, 0.15) is 6.07 Å². The SMILES string of the molecule is C=CCCC(C)Nc1cc(Br)ccc1C#N. The zero-order chi connectivity index (χ0) is 12.0. The molecule has 0 aliphatic rings. The summed E-state index contributed by atoms with van der Waals surface area (Å²) < 4.78 is 0.977. The summed E-state index contributed by atoms with van der Waals surface area (Å²) in [4.78, 5) is 0. The van der Waals surface area contributed by atoms with Crippen LogP contribution in [0.25, 0.3) is 0 Å². The van der Waals surface area contributed by atoms with E-state index in [1.54, 1.807) is 0 Å². The molecule has 1 N–H and O–H groups in total. The molecule has 0 fully saturated rings. The van der Waals surface area contributed by atoms with Crippen molar-refractivity contribution in [3.63, 3.8) is 0 Å². The Bertz CT molecular complexity index is 407.